The first kappa shape index (κ1) is 16.4. The lowest BCUT2D eigenvalue weighted by atomic mass is 10.1. The molecule has 120 valence electrons. The standard InChI is InChI=1S/C17H11ClFN3OS/c1-8-9(2)24-17-14(8)16(23)21-15(22-17)10(7-20)6-11-12(18)4-3-5-13(11)19/h3-6H,1-2H3,(H,21,22,23)/b10-6+. The number of aryl methyl sites for hydroxylation is 2. The Labute approximate surface area is 145 Å². The Morgan fingerprint density at radius 2 is 2.21 bits per heavy atom. The average molecular weight is 360 g/mol. The summed E-state index contributed by atoms with van der Waals surface area (Å²) in [7, 11) is 0. The molecule has 3 rings (SSSR count). The molecule has 24 heavy (non-hydrogen) atoms. The summed E-state index contributed by atoms with van der Waals surface area (Å²) >= 11 is 7.36. The molecule has 1 aromatic carbocycles. The number of halogens is 2. The van der Waals surface area contributed by atoms with E-state index in [1.165, 1.54) is 35.6 Å². The van der Waals surface area contributed by atoms with Crippen molar-refractivity contribution in [3.63, 3.8) is 0 Å². The van der Waals surface area contributed by atoms with Crippen molar-refractivity contribution in [2.75, 3.05) is 0 Å². The van der Waals surface area contributed by atoms with Crippen LogP contribution >= 0.6 is 22.9 Å². The van der Waals surface area contributed by atoms with Crippen LogP contribution in [0.5, 0.6) is 0 Å². The Hall–Kier alpha value is -2.49. The molecule has 0 amide bonds. The van der Waals surface area contributed by atoms with Crippen molar-refractivity contribution in [1.29, 1.82) is 5.26 Å². The van der Waals surface area contributed by atoms with Crippen molar-refractivity contribution in [3.05, 3.63) is 61.2 Å². The van der Waals surface area contributed by atoms with E-state index in [4.69, 9.17) is 11.6 Å². The number of thiophene rings is 1. The summed E-state index contributed by atoms with van der Waals surface area (Å²) in [6, 6.07) is 6.19. The summed E-state index contributed by atoms with van der Waals surface area (Å²) in [5, 5.41) is 10.1. The third-order valence-corrected chi connectivity index (χ3v) is 5.13. The maximum atomic E-state index is 13.9. The van der Waals surface area contributed by atoms with Gasteiger partial charge in [0.15, 0.2) is 5.82 Å². The number of allylic oxidation sites excluding steroid dienone is 1. The van der Waals surface area contributed by atoms with Crippen LogP contribution in [0, 0.1) is 31.0 Å². The van der Waals surface area contributed by atoms with Crippen LogP contribution in [0.4, 0.5) is 4.39 Å². The number of H-pyrrole nitrogens is 1. The van der Waals surface area contributed by atoms with Gasteiger partial charge in [-0.3, -0.25) is 4.79 Å². The van der Waals surface area contributed by atoms with Crippen LogP contribution in [0.3, 0.4) is 0 Å². The number of aromatic amines is 1. The summed E-state index contributed by atoms with van der Waals surface area (Å²) < 4.78 is 13.9. The third kappa shape index (κ3) is 2.73. The lowest BCUT2D eigenvalue weighted by Crippen LogP contribution is -2.10. The molecule has 0 fully saturated rings. The molecule has 0 aliphatic rings. The van der Waals surface area contributed by atoms with Crippen LogP contribution in [0.15, 0.2) is 23.0 Å². The van der Waals surface area contributed by atoms with Gasteiger partial charge in [-0.15, -0.1) is 11.3 Å². The molecule has 0 spiro atoms. The van der Waals surface area contributed by atoms with E-state index >= 15 is 0 Å². The predicted molar refractivity (Wildman–Crippen MR) is 94.6 cm³/mol. The zero-order valence-corrected chi connectivity index (χ0v) is 14.3. The number of benzene rings is 1. The summed E-state index contributed by atoms with van der Waals surface area (Å²) in [5.74, 6) is -0.461. The quantitative estimate of drug-likeness (QED) is 0.687. The minimum Gasteiger partial charge on any atom is -0.305 e. The van der Waals surface area contributed by atoms with Crippen molar-refractivity contribution in [1.82, 2.24) is 9.97 Å². The van der Waals surface area contributed by atoms with Crippen LogP contribution in [0.2, 0.25) is 5.02 Å². The fourth-order valence-corrected chi connectivity index (χ4v) is 3.58. The van der Waals surface area contributed by atoms with Gasteiger partial charge in [0.25, 0.3) is 5.56 Å². The third-order valence-electron chi connectivity index (χ3n) is 3.70. The van der Waals surface area contributed by atoms with Crippen molar-refractivity contribution in [2.45, 2.75) is 13.8 Å². The highest BCUT2D eigenvalue weighted by molar-refractivity contribution is 7.18. The van der Waals surface area contributed by atoms with Crippen LogP contribution in [0.1, 0.15) is 21.8 Å². The number of aromatic nitrogens is 2. The first-order chi connectivity index (χ1) is 11.4. The van der Waals surface area contributed by atoms with E-state index in [1.54, 1.807) is 0 Å². The van der Waals surface area contributed by atoms with E-state index in [-0.39, 0.29) is 27.5 Å². The minimum atomic E-state index is -0.554. The number of hydrogen-bond acceptors (Lipinski definition) is 4. The lowest BCUT2D eigenvalue weighted by molar-refractivity contribution is 0.625. The van der Waals surface area contributed by atoms with Crippen molar-refractivity contribution in [2.24, 2.45) is 0 Å². The summed E-state index contributed by atoms with van der Waals surface area (Å²) in [5.41, 5.74) is 0.661. The van der Waals surface area contributed by atoms with Gasteiger partial charge in [-0.25, -0.2) is 9.37 Å². The largest absolute Gasteiger partial charge is 0.305 e. The summed E-state index contributed by atoms with van der Waals surface area (Å²) in [6.07, 6.45) is 1.29. The molecular weight excluding hydrogens is 349 g/mol. The molecule has 4 nitrogen and oxygen atoms in total. The second kappa shape index (κ2) is 6.19. The van der Waals surface area contributed by atoms with E-state index in [0.29, 0.717) is 10.2 Å². The van der Waals surface area contributed by atoms with E-state index < -0.39 is 5.82 Å². The molecule has 1 N–H and O–H groups in total. The molecule has 0 radical (unpaired) electrons. The Kier molecular flexibility index (Phi) is 4.22. The minimum absolute atomic E-state index is 0.0321. The van der Waals surface area contributed by atoms with Gasteiger partial charge in [0.2, 0.25) is 0 Å². The monoisotopic (exact) mass is 359 g/mol. The molecule has 0 saturated heterocycles. The molecule has 3 aromatic rings. The van der Waals surface area contributed by atoms with Crippen molar-refractivity contribution in [3.8, 4) is 6.07 Å². The Morgan fingerprint density at radius 3 is 2.88 bits per heavy atom. The fraction of sp³-hybridized carbons (Fsp3) is 0.118. The zero-order chi connectivity index (χ0) is 17.4. The molecule has 0 atom stereocenters. The topological polar surface area (TPSA) is 69.5 Å². The SMILES string of the molecule is Cc1sc2nc(/C(C#N)=C/c3c(F)cccc3Cl)[nH]c(=O)c2c1C. The highest BCUT2D eigenvalue weighted by atomic mass is 35.5. The van der Waals surface area contributed by atoms with Crippen LogP contribution in [-0.4, -0.2) is 9.97 Å². The zero-order valence-electron chi connectivity index (χ0n) is 12.8. The number of nitriles is 1. The Balaban J connectivity index is 2.23. The summed E-state index contributed by atoms with van der Waals surface area (Å²) in [6.45, 7) is 3.76. The molecule has 0 aliphatic carbocycles. The van der Waals surface area contributed by atoms with Gasteiger partial charge in [-0.2, -0.15) is 5.26 Å². The van der Waals surface area contributed by atoms with E-state index in [0.717, 1.165) is 10.4 Å². The number of fused-ring (bicyclic) bond motifs is 1. The Morgan fingerprint density at radius 1 is 1.46 bits per heavy atom. The lowest BCUT2D eigenvalue weighted by Gasteiger charge is -2.03. The molecular formula is C17H11ClFN3OS. The fourth-order valence-electron chi connectivity index (χ4n) is 2.33. The van der Waals surface area contributed by atoms with E-state index in [2.05, 4.69) is 9.97 Å². The van der Waals surface area contributed by atoms with Crippen molar-refractivity contribution < 1.29 is 4.39 Å². The second-order valence-corrected chi connectivity index (χ2v) is 6.79. The first-order valence-corrected chi connectivity index (χ1v) is 8.18. The number of nitrogens with one attached hydrogen (secondary N) is 1. The van der Waals surface area contributed by atoms with Crippen LogP contribution in [-0.2, 0) is 0 Å². The average Bonchev–Trinajstić information content (AvgIpc) is 2.82. The van der Waals surface area contributed by atoms with Gasteiger partial charge in [-0.1, -0.05) is 17.7 Å². The first-order valence-electron chi connectivity index (χ1n) is 6.98. The van der Waals surface area contributed by atoms with Gasteiger partial charge >= 0.3 is 0 Å². The second-order valence-electron chi connectivity index (χ2n) is 5.18. The Bertz CT molecular complexity index is 1070. The van der Waals surface area contributed by atoms with Gasteiger partial charge < -0.3 is 4.98 Å². The molecule has 7 heteroatoms. The molecule has 0 bridgehead atoms. The number of nitrogens with zero attached hydrogens (tertiary/aromatic N) is 2. The van der Waals surface area contributed by atoms with Gasteiger partial charge in [0, 0.05) is 10.4 Å². The van der Waals surface area contributed by atoms with Gasteiger partial charge in [-0.05, 0) is 37.6 Å². The van der Waals surface area contributed by atoms with Crippen LogP contribution < -0.4 is 5.56 Å². The van der Waals surface area contributed by atoms with Crippen LogP contribution in [0.25, 0.3) is 21.9 Å². The molecule has 2 aromatic heterocycles. The maximum absolute atomic E-state index is 13.9. The highest BCUT2D eigenvalue weighted by Gasteiger charge is 2.15. The number of hydrogen-bond donors (Lipinski definition) is 1. The smallest absolute Gasteiger partial charge is 0.260 e. The summed E-state index contributed by atoms with van der Waals surface area (Å²) in [4.78, 5) is 20.8. The molecule has 0 saturated carbocycles. The van der Waals surface area contributed by atoms with Gasteiger partial charge in [0.1, 0.15) is 16.7 Å². The predicted octanol–water partition coefficient (Wildman–Crippen LogP) is 4.46. The number of rotatable bonds is 2. The van der Waals surface area contributed by atoms with Crippen molar-refractivity contribution >= 4 is 44.8 Å². The molecule has 0 unspecified atom stereocenters. The molecule has 2 heterocycles. The highest BCUT2D eigenvalue weighted by Crippen LogP contribution is 2.28. The molecule has 0 aliphatic heterocycles. The van der Waals surface area contributed by atoms with Gasteiger partial charge in [0.05, 0.1) is 16.0 Å². The normalized spacial score (nSPS) is 11.7. The van der Waals surface area contributed by atoms with E-state index in [9.17, 15) is 14.4 Å². The maximum Gasteiger partial charge on any atom is 0.260 e. The van der Waals surface area contributed by atoms with E-state index in [1.807, 2.05) is 19.9 Å².